The predicted molar refractivity (Wildman–Crippen MR) is 176 cm³/mol. The topological polar surface area (TPSA) is 146 Å². The van der Waals surface area contributed by atoms with E-state index in [-0.39, 0.29) is 29.6 Å². The summed E-state index contributed by atoms with van der Waals surface area (Å²) in [6, 6.07) is 0.745. The first-order chi connectivity index (χ1) is 20.9. The zero-order chi connectivity index (χ0) is 34.6. The van der Waals surface area contributed by atoms with E-state index in [0.29, 0.717) is 50.2 Å². The lowest BCUT2D eigenvalue weighted by atomic mass is 9.90. The van der Waals surface area contributed by atoms with Gasteiger partial charge in [-0.15, -0.1) is 0 Å². The van der Waals surface area contributed by atoms with Gasteiger partial charge in [0.15, 0.2) is 0 Å². The number of carbonyl (C=O) groups excluding carboxylic acids is 4. The number of aliphatic hydroxyl groups excluding tert-OH is 1. The van der Waals surface area contributed by atoms with Crippen molar-refractivity contribution >= 4 is 23.6 Å². The van der Waals surface area contributed by atoms with E-state index in [9.17, 15) is 24.3 Å². The number of likely N-dealkylation sites (N-methyl/N-ethyl adjacent to an activating group) is 3. The van der Waals surface area contributed by atoms with Crippen LogP contribution < -0.4 is 10.5 Å². The molecule has 0 aliphatic carbocycles. The van der Waals surface area contributed by atoms with Crippen molar-refractivity contribution in [2.75, 3.05) is 28.3 Å². The third kappa shape index (κ3) is 11.9. The molecule has 4 amide bonds. The van der Waals surface area contributed by atoms with Crippen molar-refractivity contribution in [3.63, 3.8) is 0 Å². The highest BCUT2D eigenvalue weighted by Gasteiger charge is 2.42. The van der Waals surface area contributed by atoms with Gasteiger partial charge in [-0.1, -0.05) is 48.5 Å². The van der Waals surface area contributed by atoms with Crippen molar-refractivity contribution in [2.24, 2.45) is 29.4 Å². The summed E-state index contributed by atoms with van der Waals surface area (Å²) in [5, 5.41) is 11.3. The lowest BCUT2D eigenvalue weighted by molar-refractivity contribution is -0.155. The Kier molecular flexibility index (Phi) is 16.5. The maximum Gasteiger partial charge on any atom is 0.246 e. The van der Waals surface area contributed by atoms with E-state index in [1.165, 1.54) is 21.7 Å². The molecule has 0 fully saturated rings. The van der Waals surface area contributed by atoms with Crippen molar-refractivity contribution in [1.82, 2.24) is 19.7 Å². The Labute approximate surface area is 270 Å². The first kappa shape index (κ1) is 39.8. The van der Waals surface area contributed by atoms with E-state index in [1.54, 1.807) is 27.4 Å². The van der Waals surface area contributed by atoms with Gasteiger partial charge in [0, 0.05) is 33.3 Å². The number of hydrogen-bond acceptors (Lipinski definition) is 7. The zero-order valence-electron chi connectivity index (χ0n) is 29.4. The van der Waals surface area contributed by atoms with Gasteiger partial charge < -0.3 is 30.3 Å². The minimum atomic E-state index is -1.29. The van der Waals surface area contributed by atoms with Crippen molar-refractivity contribution in [2.45, 2.75) is 111 Å². The van der Waals surface area contributed by atoms with Crippen LogP contribution in [0.25, 0.3) is 0 Å². The fraction of sp³-hybridized carbons (Fsp3) is 0.735. The van der Waals surface area contributed by atoms with Crippen LogP contribution in [0.1, 0.15) is 86.3 Å². The van der Waals surface area contributed by atoms with Gasteiger partial charge >= 0.3 is 0 Å². The molecule has 3 N–H and O–H groups in total. The molecule has 11 heteroatoms. The fourth-order valence-corrected chi connectivity index (χ4v) is 5.60. The second-order valence-corrected chi connectivity index (χ2v) is 13.6. The number of nitrogens with zero attached hydrogens (tertiary/aromatic N) is 4. The van der Waals surface area contributed by atoms with Gasteiger partial charge in [0.05, 0.1) is 19.4 Å². The van der Waals surface area contributed by atoms with E-state index in [1.807, 2.05) is 60.6 Å². The van der Waals surface area contributed by atoms with Crippen LogP contribution in [0.3, 0.4) is 0 Å². The largest absolute Gasteiger partial charge is 0.495 e. The van der Waals surface area contributed by atoms with Crippen LogP contribution in [0.15, 0.2) is 18.3 Å². The molecular formula is C34H59N5O6. The highest BCUT2D eigenvalue weighted by molar-refractivity contribution is 5.94. The van der Waals surface area contributed by atoms with Crippen LogP contribution in [-0.4, -0.2) is 101 Å². The number of pyridine rings is 1. The van der Waals surface area contributed by atoms with Crippen LogP contribution in [0.2, 0.25) is 0 Å². The van der Waals surface area contributed by atoms with Crippen molar-refractivity contribution in [3.8, 4) is 5.75 Å². The van der Waals surface area contributed by atoms with Crippen LogP contribution >= 0.6 is 0 Å². The van der Waals surface area contributed by atoms with Gasteiger partial charge in [-0.05, 0) is 67.9 Å². The first-order valence-corrected chi connectivity index (χ1v) is 16.2. The Morgan fingerprint density at radius 1 is 0.867 bits per heavy atom. The van der Waals surface area contributed by atoms with E-state index in [4.69, 9.17) is 10.5 Å². The number of rotatable bonds is 19. The predicted octanol–water partition coefficient (Wildman–Crippen LogP) is 3.51. The molecule has 5 atom stereocenters. The Morgan fingerprint density at radius 3 is 1.93 bits per heavy atom. The number of primary amides is 1. The molecule has 45 heavy (non-hydrogen) atoms. The summed E-state index contributed by atoms with van der Waals surface area (Å²) in [7, 11) is 6.22. The van der Waals surface area contributed by atoms with Crippen molar-refractivity contribution < 1.29 is 29.0 Å². The maximum absolute atomic E-state index is 14.0. The van der Waals surface area contributed by atoms with Crippen molar-refractivity contribution in [3.05, 3.63) is 24.0 Å². The molecule has 0 saturated heterocycles. The second-order valence-electron chi connectivity index (χ2n) is 13.6. The molecule has 0 bridgehead atoms. The second kappa shape index (κ2) is 18.7. The molecule has 1 aromatic heterocycles. The standard InChI is InChI=1S/C34H59N5O6/c1-21(2)15-18-28(40)37(8)27(19-22(3)4)33(43)38(9)29(23(5)6)34(44)39(10)30(32(35)42)31(41)24(7)13-12-14-25-16-17-26(45-11)20-36-25/h16-17,20-24,27,29-31,41H,12-15,18-19H2,1-11H3,(H2,35,42)/t24-,27+,29+,30+,31-/m1/s1. The lowest BCUT2D eigenvalue weighted by Gasteiger charge is -2.40. The van der Waals surface area contributed by atoms with E-state index in [0.717, 1.165) is 5.69 Å². The van der Waals surface area contributed by atoms with E-state index < -0.39 is 36.0 Å². The number of carbonyl (C=O) groups is 4. The Hall–Kier alpha value is -3.21. The molecular weight excluding hydrogens is 574 g/mol. The summed E-state index contributed by atoms with van der Waals surface area (Å²) >= 11 is 0. The maximum atomic E-state index is 14.0. The number of amides is 4. The SMILES string of the molecule is COc1ccc(CCC[C@@H](C)[C@@H](O)[C@@H](C(N)=O)N(C)C(=O)[C@H](C(C)C)N(C)C(=O)[C@H](CC(C)C)N(C)C(=O)CCC(C)C)nc1. The normalized spacial score (nSPS) is 14.9. The lowest BCUT2D eigenvalue weighted by Crippen LogP contribution is -2.61. The molecule has 0 aliphatic rings. The summed E-state index contributed by atoms with van der Waals surface area (Å²) in [4.78, 5) is 62.1. The number of aryl methyl sites for hydroxylation is 1. The average molecular weight is 634 g/mol. The molecule has 0 saturated carbocycles. The summed E-state index contributed by atoms with van der Waals surface area (Å²) in [6.07, 6.45) is 3.87. The van der Waals surface area contributed by atoms with E-state index >= 15 is 0 Å². The first-order valence-electron chi connectivity index (χ1n) is 16.2. The van der Waals surface area contributed by atoms with Crippen molar-refractivity contribution in [1.29, 1.82) is 0 Å². The summed E-state index contributed by atoms with van der Waals surface area (Å²) in [5.74, 6) is -1.32. The monoisotopic (exact) mass is 633 g/mol. The zero-order valence-corrected chi connectivity index (χ0v) is 29.4. The molecule has 1 heterocycles. The number of ether oxygens (including phenoxy) is 1. The van der Waals surface area contributed by atoms with Gasteiger partial charge in [0.2, 0.25) is 23.6 Å². The third-order valence-electron chi connectivity index (χ3n) is 8.51. The molecule has 1 rings (SSSR count). The minimum Gasteiger partial charge on any atom is -0.495 e. The molecule has 0 aromatic carbocycles. The summed E-state index contributed by atoms with van der Waals surface area (Å²) < 4.78 is 5.15. The average Bonchev–Trinajstić information content (AvgIpc) is 2.97. The smallest absolute Gasteiger partial charge is 0.246 e. The quantitative estimate of drug-likeness (QED) is 0.237. The van der Waals surface area contributed by atoms with Crippen LogP contribution in [0.4, 0.5) is 0 Å². The van der Waals surface area contributed by atoms with Gasteiger partial charge in [0.25, 0.3) is 0 Å². The van der Waals surface area contributed by atoms with Gasteiger partial charge in [-0.2, -0.15) is 0 Å². The molecule has 11 nitrogen and oxygen atoms in total. The van der Waals surface area contributed by atoms with Crippen LogP contribution in [0.5, 0.6) is 5.75 Å². The molecule has 0 aliphatic heterocycles. The van der Waals surface area contributed by atoms with Gasteiger partial charge in [0.1, 0.15) is 23.9 Å². The van der Waals surface area contributed by atoms with Gasteiger partial charge in [-0.25, -0.2) is 0 Å². The Morgan fingerprint density at radius 2 is 1.47 bits per heavy atom. The fourth-order valence-electron chi connectivity index (χ4n) is 5.60. The highest BCUT2D eigenvalue weighted by Crippen LogP contribution is 2.23. The third-order valence-corrected chi connectivity index (χ3v) is 8.51. The number of nitrogens with two attached hydrogens (primary N) is 1. The summed E-state index contributed by atoms with van der Waals surface area (Å²) in [6.45, 7) is 13.5. The molecule has 0 spiro atoms. The Balaban J connectivity index is 3.12. The highest BCUT2D eigenvalue weighted by atomic mass is 16.5. The number of aliphatic hydroxyl groups is 1. The molecule has 0 unspecified atom stereocenters. The molecule has 1 aromatic rings. The minimum absolute atomic E-state index is 0.116. The van der Waals surface area contributed by atoms with Crippen LogP contribution in [0, 0.1) is 23.7 Å². The Bertz CT molecular complexity index is 1090. The van der Waals surface area contributed by atoms with Crippen LogP contribution in [-0.2, 0) is 25.6 Å². The summed E-state index contributed by atoms with van der Waals surface area (Å²) in [5.41, 5.74) is 6.64. The number of methoxy groups -OCH3 is 1. The number of aromatic nitrogens is 1. The van der Waals surface area contributed by atoms with Gasteiger partial charge in [-0.3, -0.25) is 24.2 Å². The molecule has 256 valence electrons. The number of hydrogen-bond donors (Lipinski definition) is 2. The molecule has 0 radical (unpaired) electrons. The van der Waals surface area contributed by atoms with E-state index in [2.05, 4.69) is 4.98 Å².